The van der Waals surface area contributed by atoms with Gasteiger partial charge in [-0.05, 0) is 23.1 Å². The molecule has 0 aromatic heterocycles. The van der Waals surface area contributed by atoms with Gasteiger partial charge in [0.25, 0.3) is 11.9 Å². The summed E-state index contributed by atoms with van der Waals surface area (Å²) in [5.41, 5.74) is 22.9. The Bertz CT molecular complexity index is 626. The van der Waals surface area contributed by atoms with E-state index in [0.717, 1.165) is 5.56 Å². The number of benzene rings is 1. The van der Waals surface area contributed by atoms with Crippen molar-refractivity contribution in [2.45, 2.75) is 26.2 Å². The standard InChI is InChI=1S/C14H22N8O/c1-14(2,3)10-4-8(6-19-21-12(15)16)11(23)9(5-10)7-20-22-13(17)18/h4-7,23H,1-3H3,(H4,15,16,21)(H4,17,18,22)/p+2. The maximum absolute atomic E-state index is 10.3. The molecule has 0 aliphatic heterocycles. The first-order valence-corrected chi connectivity index (χ1v) is 6.83. The molecule has 11 N–H and O–H groups in total. The summed E-state index contributed by atoms with van der Waals surface area (Å²) in [6, 6.07) is 3.67. The van der Waals surface area contributed by atoms with Crippen molar-refractivity contribution in [1.29, 1.82) is 0 Å². The Labute approximate surface area is 134 Å². The van der Waals surface area contributed by atoms with Gasteiger partial charge in [0, 0.05) is 10.2 Å². The van der Waals surface area contributed by atoms with Gasteiger partial charge >= 0.3 is 0 Å². The molecule has 0 saturated carbocycles. The van der Waals surface area contributed by atoms with E-state index in [1.165, 1.54) is 12.4 Å². The average molecular weight is 320 g/mol. The molecule has 0 radical (unpaired) electrons. The molecule has 1 aromatic rings. The van der Waals surface area contributed by atoms with Gasteiger partial charge in [-0.1, -0.05) is 20.8 Å². The molecule has 0 saturated heterocycles. The Hall–Kier alpha value is -3.10. The van der Waals surface area contributed by atoms with Crippen molar-refractivity contribution >= 4 is 24.3 Å². The largest absolute Gasteiger partial charge is 0.506 e. The number of aromatic hydroxyl groups is 1. The van der Waals surface area contributed by atoms with Gasteiger partial charge < -0.3 is 28.0 Å². The van der Waals surface area contributed by atoms with Crippen LogP contribution in [-0.2, 0) is 5.41 Å². The van der Waals surface area contributed by atoms with Gasteiger partial charge in [-0.3, -0.25) is 0 Å². The van der Waals surface area contributed by atoms with Crippen LogP contribution in [0, 0.1) is 0 Å². The Morgan fingerprint density at radius 2 is 1.35 bits per heavy atom. The first kappa shape index (κ1) is 18.0. The van der Waals surface area contributed by atoms with Crippen LogP contribution in [-0.4, -0.2) is 29.5 Å². The van der Waals surface area contributed by atoms with Gasteiger partial charge in [0.1, 0.15) is 5.75 Å². The van der Waals surface area contributed by atoms with Crippen molar-refractivity contribution in [3.63, 3.8) is 0 Å². The summed E-state index contributed by atoms with van der Waals surface area (Å²) in [6.07, 6.45) is 2.98. The van der Waals surface area contributed by atoms with Crippen LogP contribution in [0.1, 0.15) is 37.5 Å². The second kappa shape index (κ2) is 7.25. The van der Waals surface area contributed by atoms with E-state index in [2.05, 4.69) is 41.2 Å². The maximum atomic E-state index is 10.3. The molecule has 0 aliphatic rings. The van der Waals surface area contributed by atoms with E-state index in [1.54, 1.807) is 0 Å². The number of phenols is 1. The molecule has 0 atom stereocenters. The minimum atomic E-state index is -0.134. The lowest BCUT2D eigenvalue weighted by Crippen LogP contribution is -2.64. The SMILES string of the molecule is CC(C)(C)c1cc(C=[NH+]N=C(N)N)c(O)c(C=[NH+]N=C(N)N)c1. The summed E-state index contributed by atoms with van der Waals surface area (Å²) in [5.74, 6) is -0.211. The molecule has 0 unspecified atom stereocenters. The first-order chi connectivity index (χ1) is 10.6. The van der Waals surface area contributed by atoms with Crippen molar-refractivity contribution in [3.8, 4) is 5.75 Å². The van der Waals surface area contributed by atoms with E-state index in [4.69, 9.17) is 22.9 Å². The van der Waals surface area contributed by atoms with Crippen LogP contribution in [0.15, 0.2) is 22.3 Å². The Morgan fingerprint density at radius 3 is 1.65 bits per heavy atom. The summed E-state index contributed by atoms with van der Waals surface area (Å²) in [5, 5.41) is 22.8. The minimum absolute atomic E-state index is 0.0228. The van der Waals surface area contributed by atoms with Gasteiger partial charge in [-0.15, -0.1) is 10.2 Å². The van der Waals surface area contributed by atoms with Crippen LogP contribution in [0.5, 0.6) is 5.75 Å². The highest BCUT2D eigenvalue weighted by Crippen LogP contribution is 2.28. The molecule has 0 bridgehead atoms. The quantitative estimate of drug-likeness (QED) is 0.170. The van der Waals surface area contributed by atoms with Crippen molar-refractivity contribution in [3.05, 3.63) is 28.8 Å². The van der Waals surface area contributed by atoms with Gasteiger partial charge in [-0.25, -0.2) is 0 Å². The normalized spacial score (nSPS) is 11.8. The Kier molecular flexibility index (Phi) is 5.66. The fraction of sp³-hybridized carbons (Fsp3) is 0.286. The lowest BCUT2D eigenvalue weighted by Gasteiger charge is -2.20. The van der Waals surface area contributed by atoms with Crippen molar-refractivity contribution in [2.75, 3.05) is 0 Å². The second-order valence-corrected chi connectivity index (χ2v) is 5.87. The second-order valence-electron chi connectivity index (χ2n) is 5.87. The number of nitrogens with zero attached hydrogens (tertiary/aromatic N) is 2. The van der Waals surface area contributed by atoms with Crippen LogP contribution < -0.4 is 33.1 Å². The zero-order chi connectivity index (χ0) is 17.6. The number of phenolic OH excluding ortho intramolecular Hbond substituents is 1. The molecule has 9 heteroatoms. The molecule has 0 aliphatic carbocycles. The monoisotopic (exact) mass is 320 g/mol. The molecule has 0 heterocycles. The zero-order valence-corrected chi connectivity index (χ0v) is 13.5. The van der Waals surface area contributed by atoms with E-state index in [9.17, 15) is 5.11 Å². The van der Waals surface area contributed by atoms with Crippen LogP contribution in [0.25, 0.3) is 0 Å². The van der Waals surface area contributed by atoms with Gasteiger partial charge in [0.2, 0.25) is 12.4 Å². The fourth-order valence-electron chi connectivity index (χ4n) is 1.69. The molecular formula is C14H24N8O+2. The first-order valence-electron chi connectivity index (χ1n) is 6.83. The third-order valence-electron chi connectivity index (χ3n) is 2.86. The molecule has 1 aromatic carbocycles. The predicted molar refractivity (Wildman–Crippen MR) is 90.7 cm³/mol. The smallest absolute Gasteiger partial charge is 0.256 e. The summed E-state index contributed by atoms with van der Waals surface area (Å²) in [6.45, 7) is 6.17. The molecule has 0 amide bonds. The topological polar surface area (TPSA) is 177 Å². The average Bonchev–Trinajstić information content (AvgIpc) is 2.40. The number of guanidine groups is 2. The third kappa shape index (κ3) is 5.65. The number of rotatable bonds is 4. The number of hydrogen-bond donors (Lipinski definition) is 7. The fourth-order valence-corrected chi connectivity index (χ4v) is 1.69. The zero-order valence-electron chi connectivity index (χ0n) is 13.5. The number of hydrazone groups is 2. The summed E-state index contributed by atoms with van der Waals surface area (Å²) < 4.78 is 0. The maximum Gasteiger partial charge on any atom is 0.256 e. The highest BCUT2D eigenvalue weighted by molar-refractivity contribution is 5.89. The lowest BCUT2D eigenvalue weighted by atomic mass is 9.85. The molecule has 9 nitrogen and oxygen atoms in total. The summed E-state index contributed by atoms with van der Waals surface area (Å²) in [4.78, 5) is 0. The highest BCUT2D eigenvalue weighted by atomic mass is 16.3. The van der Waals surface area contributed by atoms with Gasteiger partial charge in [0.05, 0.1) is 11.1 Å². The summed E-state index contributed by atoms with van der Waals surface area (Å²) in [7, 11) is 0. The molecule has 0 fully saturated rings. The lowest BCUT2D eigenvalue weighted by molar-refractivity contribution is -0.456. The van der Waals surface area contributed by atoms with Crippen molar-refractivity contribution in [2.24, 2.45) is 33.1 Å². The molecular weight excluding hydrogens is 296 g/mol. The number of nitrogens with one attached hydrogen (secondary N) is 2. The molecule has 0 spiro atoms. The van der Waals surface area contributed by atoms with E-state index in [1.807, 2.05) is 12.1 Å². The van der Waals surface area contributed by atoms with Crippen LogP contribution in [0.2, 0.25) is 0 Å². The van der Waals surface area contributed by atoms with E-state index >= 15 is 0 Å². The van der Waals surface area contributed by atoms with Gasteiger partial charge in [0.15, 0.2) is 0 Å². The van der Waals surface area contributed by atoms with E-state index < -0.39 is 0 Å². The highest BCUT2D eigenvalue weighted by Gasteiger charge is 2.19. The third-order valence-corrected chi connectivity index (χ3v) is 2.86. The Morgan fingerprint density at radius 1 is 0.957 bits per heavy atom. The van der Waals surface area contributed by atoms with E-state index in [0.29, 0.717) is 11.1 Å². The predicted octanol–water partition coefficient (Wildman–Crippen LogP) is -3.93. The van der Waals surface area contributed by atoms with Crippen molar-refractivity contribution < 1.29 is 15.3 Å². The Balaban J connectivity index is 3.39. The van der Waals surface area contributed by atoms with Crippen LogP contribution in [0.4, 0.5) is 0 Å². The molecule has 1 rings (SSSR count). The van der Waals surface area contributed by atoms with Crippen LogP contribution in [0.3, 0.4) is 0 Å². The number of nitrogens with two attached hydrogens (primary N) is 4. The number of hydrogen-bond acceptors (Lipinski definition) is 3. The molecule has 23 heavy (non-hydrogen) atoms. The van der Waals surface area contributed by atoms with Gasteiger partial charge in [-0.2, -0.15) is 0 Å². The summed E-state index contributed by atoms with van der Waals surface area (Å²) >= 11 is 0. The molecule has 124 valence electrons. The van der Waals surface area contributed by atoms with Crippen molar-refractivity contribution in [1.82, 2.24) is 0 Å². The van der Waals surface area contributed by atoms with E-state index in [-0.39, 0.29) is 23.1 Å². The minimum Gasteiger partial charge on any atom is -0.506 e. The van der Waals surface area contributed by atoms with Crippen LogP contribution >= 0.6 is 0 Å².